The molecule has 0 spiro atoms. The first-order chi connectivity index (χ1) is 17.3. The van der Waals surface area contributed by atoms with Crippen LogP contribution in [-0.2, 0) is 32.5 Å². The summed E-state index contributed by atoms with van der Waals surface area (Å²) in [5.41, 5.74) is 3.83. The van der Waals surface area contributed by atoms with Crippen LogP contribution in [0.1, 0.15) is 29.5 Å². The zero-order valence-electron chi connectivity index (χ0n) is 19.1. The number of hydrogen-bond acceptors (Lipinski definition) is 5. The second-order valence-electron chi connectivity index (χ2n) is 8.89. The van der Waals surface area contributed by atoms with Crippen molar-refractivity contribution in [3.8, 4) is 22.5 Å². The van der Waals surface area contributed by atoms with Gasteiger partial charge in [-0.15, -0.1) is 0 Å². The minimum atomic E-state index is -3.67. The van der Waals surface area contributed by atoms with Crippen molar-refractivity contribution in [3.05, 3.63) is 101 Å². The first kappa shape index (κ1) is 24.2. The molecular weight excluding hydrogens is 500 g/mol. The van der Waals surface area contributed by atoms with E-state index < -0.39 is 21.4 Å². The van der Waals surface area contributed by atoms with Crippen LogP contribution >= 0.6 is 11.6 Å². The van der Waals surface area contributed by atoms with Gasteiger partial charge in [-0.25, -0.2) is 13.1 Å². The van der Waals surface area contributed by atoms with Crippen molar-refractivity contribution in [1.82, 2.24) is 9.88 Å². The molecule has 1 aliphatic rings. The van der Waals surface area contributed by atoms with Crippen LogP contribution in [0.2, 0.25) is 5.02 Å². The number of rotatable bonds is 9. The number of nitrogens with one attached hydrogen (secondary N) is 1. The number of aromatic nitrogens is 1. The van der Waals surface area contributed by atoms with Crippen molar-refractivity contribution < 1.29 is 22.8 Å². The highest BCUT2D eigenvalue weighted by molar-refractivity contribution is 7.88. The van der Waals surface area contributed by atoms with E-state index in [2.05, 4.69) is 9.88 Å². The number of nitrogens with zero attached hydrogens (tertiary/aromatic N) is 1. The van der Waals surface area contributed by atoms with Gasteiger partial charge in [-0.05, 0) is 41.2 Å². The molecule has 9 heteroatoms. The van der Waals surface area contributed by atoms with Gasteiger partial charge in [0.05, 0.1) is 17.4 Å². The lowest BCUT2D eigenvalue weighted by molar-refractivity contribution is -0.140. The van der Waals surface area contributed by atoms with Crippen molar-refractivity contribution in [1.29, 1.82) is 0 Å². The molecule has 0 atom stereocenters. The van der Waals surface area contributed by atoms with E-state index in [-0.39, 0.29) is 12.3 Å². The Bertz CT molecular complexity index is 1510. The highest BCUT2D eigenvalue weighted by Crippen LogP contribution is 2.48. The lowest BCUT2D eigenvalue weighted by Crippen LogP contribution is -2.24. The van der Waals surface area contributed by atoms with E-state index in [1.807, 2.05) is 48.5 Å². The molecule has 184 valence electrons. The summed E-state index contributed by atoms with van der Waals surface area (Å²) in [7, 11) is -3.67. The fourth-order valence-electron chi connectivity index (χ4n) is 4.23. The van der Waals surface area contributed by atoms with E-state index in [0.717, 1.165) is 16.7 Å². The second-order valence-corrected chi connectivity index (χ2v) is 11.1. The third kappa shape index (κ3) is 4.93. The highest BCUT2D eigenvalue weighted by Gasteiger charge is 2.51. The van der Waals surface area contributed by atoms with Crippen LogP contribution in [0.15, 0.2) is 83.5 Å². The summed E-state index contributed by atoms with van der Waals surface area (Å²) < 4.78 is 33.3. The number of benzene rings is 3. The topological polar surface area (TPSA) is 110 Å². The average Bonchev–Trinajstić information content (AvgIpc) is 3.57. The van der Waals surface area contributed by atoms with Gasteiger partial charge in [0.15, 0.2) is 5.76 Å². The number of aliphatic carboxylic acids is 1. The van der Waals surface area contributed by atoms with Gasteiger partial charge in [0, 0.05) is 22.7 Å². The van der Waals surface area contributed by atoms with Crippen LogP contribution < -0.4 is 4.72 Å². The maximum absolute atomic E-state index is 12.7. The van der Waals surface area contributed by atoms with E-state index in [1.54, 1.807) is 24.3 Å². The fraction of sp³-hybridized carbons (Fsp3) is 0.185. The Hall–Kier alpha value is -3.46. The normalized spacial score (nSPS) is 14.5. The molecule has 0 saturated heterocycles. The molecule has 1 saturated carbocycles. The summed E-state index contributed by atoms with van der Waals surface area (Å²) >= 11 is 6.12. The van der Waals surface area contributed by atoms with Gasteiger partial charge in [-0.2, -0.15) is 0 Å². The van der Waals surface area contributed by atoms with Crippen molar-refractivity contribution in [2.75, 3.05) is 0 Å². The highest BCUT2D eigenvalue weighted by atomic mass is 35.5. The first-order valence-electron chi connectivity index (χ1n) is 11.4. The summed E-state index contributed by atoms with van der Waals surface area (Å²) in [6, 6.07) is 22.1. The van der Waals surface area contributed by atoms with E-state index >= 15 is 0 Å². The predicted octanol–water partition coefficient (Wildman–Crippen LogP) is 5.40. The second kappa shape index (κ2) is 9.54. The van der Waals surface area contributed by atoms with E-state index in [9.17, 15) is 18.3 Å². The molecule has 1 aromatic heterocycles. The lowest BCUT2D eigenvalue weighted by atomic mass is 9.93. The van der Waals surface area contributed by atoms with Crippen LogP contribution in [0.3, 0.4) is 0 Å². The Morgan fingerprint density at radius 1 is 0.944 bits per heavy atom. The molecule has 1 fully saturated rings. The van der Waals surface area contributed by atoms with Gasteiger partial charge in [0.25, 0.3) is 0 Å². The maximum atomic E-state index is 12.7. The molecule has 1 aliphatic carbocycles. The SMILES string of the molecule is O=C(O)C1(c2ccc(-c3ccc(-c4oncc4CS(=O)(=O)NCc4ccccc4Cl)cc3)cc2)CC1. The van der Waals surface area contributed by atoms with Crippen molar-refractivity contribution >= 4 is 27.6 Å². The molecule has 5 rings (SSSR count). The minimum Gasteiger partial charge on any atom is -0.481 e. The Kier molecular flexibility index (Phi) is 6.42. The number of sulfonamides is 1. The molecule has 36 heavy (non-hydrogen) atoms. The van der Waals surface area contributed by atoms with Gasteiger partial charge in [-0.3, -0.25) is 4.79 Å². The van der Waals surface area contributed by atoms with Crippen LogP contribution in [0.4, 0.5) is 0 Å². The number of carboxylic acids is 1. The van der Waals surface area contributed by atoms with E-state index in [4.69, 9.17) is 16.1 Å². The summed E-state index contributed by atoms with van der Waals surface area (Å²) in [5, 5.41) is 13.8. The molecule has 0 amide bonds. The molecule has 3 aromatic carbocycles. The monoisotopic (exact) mass is 522 g/mol. The quantitative estimate of drug-likeness (QED) is 0.304. The molecule has 0 bridgehead atoms. The molecule has 0 aliphatic heterocycles. The number of carboxylic acid groups (broad SMARTS) is 1. The molecule has 1 heterocycles. The van der Waals surface area contributed by atoms with E-state index in [1.165, 1.54) is 6.20 Å². The summed E-state index contributed by atoms with van der Waals surface area (Å²) in [6.07, 6.45) is 2.75. The largest absolute Gasteiger partial charge is 0.481 e. The zero-order chi connectivity index (χ0) is 25.3. The molecule has 4 aromatic rings. The molecule has 2 N–H and O–H groups in total. The Labute approximate surface area is 213 Å². The Morgan fingerprint density at radius 2 is 1.56 bits per heavy atom. The average molecular weight is 523 g/mol. The molecule has 0 unspecified atom stereocenters. The molecule has 0 radical (unpaired) electrons. The summed E-state index contributed by atoms with van der Waals surface area (Å²) in [5.74, 6) is -0.675. The number of carbonyl (C=O) groups is 1. The van der Waals surface area contributed by atoms with Gasteiger partial charge in [-0.1, -0.05) is 83.5 Å². The van der Waals surface area contributed by atoms with Crippen LogP contribution in [-0.4, -0.2) is 24.7 Å². The van der Waals surface area contributed by atoms with Gasteiger partial charge >= 0.3 is 5.97 Å². The predicted molar refractivity (Wildman–Crippen MR) is 137 cm³/mol. The smallest absolute Gasteiger partial charge is 0.314 e. The van der Waals surface area contributed by atoms with E-state index in [0.29, 0.717) is 40.3 Å². The number of hydrogen-bond donors (Lipinski definition) is 2. The van der Waals surface area contributed by atoms with Crippen LogP contribution in [0.25, 0.3) is 22.5 Å². The third-order valence-corrected chi connectivity index (χ3v) is 8.15. The zero-order valence-corrected chi connectivity index (χ0v) is 20.7. The first-order valence-corrected chi connectivity index (χ1v) is 13.4. The Morgan fingerprint density at radius 3 is 2.17 bits per heavy atom. The third-order valence-electron chi connectivity index (χ3n) is 6.51. The van der Waals surface area contributed by atoms with Gasteiger partial charge in [0.2, 0.25) is 10.0 Å². The number of halogens is 1. The van der Waals surface area contributed by atoms with Crippen molar-refractivity contribution in [2.45, 2.75) is 30.6 Å². The summed E-state index contributed by atoms with van der Waals surface area (Å²) in [6.45, 7) is 0.0870. The summed E-state index contributed by atoms with van der Waals surface area (Å²) in [4.78, 5) is 11.6. The fourth-order valence-corrected chi connectivity index (χ4v) is 5.53. The van der Waals surface area contributed by atoms with Crippen LogP contribution in [0, 0.1) is 0 Å². The molecule has 7 nitrogen and oxygen atoms in total. The molecular formula is C27H23ClN2O5S. The maximum Gasteiger partial charge on any atom is 0.314 e. The van der Waals surface area contributed by atoms with Crippen molar-refractivity contribution in [2.24, 2.45) is 0 Å². The van der Waals surface area contributed by atoms with Gasteiger partial charge < -0.3 is 9.63 Å². The Balaban J connectivity index is 1.29. The van der Waals surface area contributed by atoms with Gasteiger partial charge in [0.1, 0.15) is 0 Å². The van der Waals surface area contributed by atoms with Crippen molar-refractivity contribution in [3.63, 3.8) is 0 Å². The minimum absolute atomic E-state index is 0.0870. The van der Waals surface area contributed by atoms with Crippen LogP contribution in [0.5, 0.6) is 0 Å². The standard InChI is InChI=1S/C27H23ClN2O5S/c28-24-4-2-1-3-21(24)16-30-36(33,34)17-22-15-29-35-25(22)20-7-5-18(6-8-20)19-9-11-23(12-10-19)27(13-14-27)26(31)32/h1-12,15,30H,13-14,16-17H2,(H,31,32). The lowest BCUT2D eigenvalue weighted by Gasteiger charge is -2.11.